The molecule has 3 N–H and O–H groups in total. The maximum absolute atomic E-state index is 11.5. The third kappa shape index (κ3) is 3.39. The number of nitrogens with one attached hydrogen (secondary N) is 3. The van der Waals surface area contributed by atoms with Crippen molar-refractivity contribution < 1.29 is 9.53 Å². The van der Waals surface area contributed by atoms with E-state index in [0.717, 1.165) is 24.4 Å². The number of hydrogen-bond acceptors (Lipinski definition) is 5. The Morgan fingerprint density at radius 3 is 2.94 bits per heavy atom. The van der Waals surface area contributed by atoms with Crippen LogP contribution >= 0.6 is 11.3 Å². The minimum absolute atomic E-state index is 0.0482. The average Bonchev–Trinajstić information content (AvgIpc) is 2.67. The fourth-order valence-electron chi connectivity index (χ4n) is 1.46. The molecule has 0 saturated carbocycles. The molecule has 1 aromatic rings. The van der Waals surface area contributed by atoms with E-state index in [9.17, 15) is 9.59 Å². The molecule has 1 amide bonds. The highest BCUT2D eigenvalue weighted by Crippen LogP contribution is 2.14. The van der Waals surface area contributed by atoms with Gasteiger partial charge in [-0.05, 0) is 6.92 Å². The summed E-state index contributed by atoms with van der Waals surface area (Å²) in [5, 5.41) is 7.47. The molecule has 0 aliphatic carbocycles. The molecule has 2 heterocycles. The van der Waals surface area contributed by atoms with Crippen LogP contribution in [-0.2, 0) is 16.1 Å². The lowest BCUT2D eigenvalue weighted by Crippen LogP contribution is -2.59. The van der Waals surface area contributed by atoms with Gasteiger partial charge < -0.3 is 20.4 Å². The second-order valence-corrected chi connectivity index (χ2v) is 5.13. The summed E-state index contributed by atoms with van der Waals surface area (Å²) in [4.78, 5) is 24.8. The van der Waals surface area contributed by atoms with E-state index in [1.807, 2.05) is 6.92 Å². The molecule has 17 heavy (non-hydrogen) atoms. The molecule has 0 atom stereocenters. The Kier molecular flexibility index (Phi) is 3.60. The second kappa shape index (κ2) is 4.99. The quantitative estimate of drug-likeness (QED) is 0.660. The van der Waals surface area contributed by atoms with Crippen molar-refractivity contribution in [2.45, 2.75) is 19.1 Å². The summed E-state index contributed by atoms with van der Waals surface area (Å²) in [6.45, 7) is 3.89. The van der Waals surface area contributed by atoms with Gasteiger partial charge in [-0.15, -0.1) is 0 Å². The average molecular weight is 257 g/mol. The van der Waals surface area contributed by atoms with Crippen molar-refractivity contribution in [2.24, 2.45) is 0 Å². The van der Waals surface area contributed by atoms with Crippen molar-refractivity contribution in [2.75, 3.05) is 19.7 Å². The molecule has 0 bridgehead atoms. The van der Waals surface area contributed by atoms with Crippen molar-refractivity contribution >= 4 is 17.2 Å². The van der Waals surface area contributed by atoms with E-state index in [-0.39, 0.29) is 23.0 Å². The van der Waals surface area contributed by atoms with E-state index >= 15 is 0 Å². The zero-order chi connectivity index (χ0) is 12.3. The number of rotatable bonds is 5. The van der Waals surface area contributed by atoms with Crippen LogP contribution in [0.15, 0.2) is 10.2 Å². The summed E-state index contributed by atoms with van der Waals surface area (Å²) < 4.78 is 5.48. The molecule has 94 valence electrons. The summed E-state index contributed by atoms with van der Waals surface area (Å²) in [6.07, 6.45) is 0. The summed E-state index contributed by atoms with van der Waals surface area (Å²) in [7, 11) is 0. The molecule has 6 nitrogen and oxygen atoms in total. The maximum atomic E-state index is 11.5. The largest absolute Gasteiger partial charge is 0.363 e. The van der Waals surface area contributed by atoms with Crippen LogP contribution in [0.1, 0.15) is 12.6 Å². The number of aromatic nitrogens is 1. The van der Waals surface area contributed by atoms with Gasteiger partial charge in [0, 0.05) is 24.2 Å². The molecule has 0 aromatic carbocycles. The molecule has 1 aliphatic heterocycles. The van der Waals surface area contributed by atoms with E-state index in [1.54, 1.807) is 5.38 Å². The van der Waals surface area contributed by atoms with Gasteiger partial charge >= 0.3 is 4.87 Å². The molecule has 2 rings (SSSR count). The van der Waals surface area contributed by atoms with Crippen LogP contribution in [0.4, 0.5) is 0 Å². The number of hydrogen-bond donors (Lipinski definition) is 3. The zero-order valence-electron chi connectivity index (χ0n) is 9.54. The molecule has 0 spiro atoms. The van der Waals surface area contributed by atoms with E-state index in [1.165, 1.54) is 0 Å². The summed E-state index contributed by atoms with van der Waals surface area (Å²) in [5.74, 6) is -0.176. The van der Waals surface area contributed by atoms with Crippen LogP contribution < -0.4 is 15.5 Å². The number of amides is 1. The normalized spacial score (nSPS) is 17.5. The molecule has 1 aliphatic rings. The van der Waals surface area contributed by atoms with Crippen LogP contribution in [0, 0.1) is 0 Å². The number of ether oxygens (including phenoxy) is 1. The molecule has 1 aromatic heterocycles. The highest BCUT2D eigenvalue weighted by Gasteiger charge is 2.32. The maximum Gasteiger partial charge on any atom is 0.304 e. The second-order valence-electron chi connectivity index (χ2n) is 4.29. The fraction of sp³-hybridized carbons (Fsp3) is 0.600. The highest BCUT2D eigenvalue weighted by atomic mass is 32.1. The summed E-state index contributed by atoms with van der Waals surface area (Å²) in [5.41, 5.74) is 0.499. The van der Waals surface area contributed by atoms with Crippen molar-refractivity contribution in [3.8, 4) is 0 Å². The van der Waals surface area contributed by atoms with Gasteiger partial charge in [0.15, 0.2) is 0 Å². The Morgan fingerprint density at radius 2 is 2.41 bits per heavy atom. The van der Waals surface area contributed by atoms with Gasteiger partial charge in [-0.25, -0.2) is 0 Å². The standard InChI is InChI=1S/C10H15N3O3S/c1-10(5-11-6-10)16-3-8(14)12-2-7-4-17-9(15)13-7/h4,11H,2-3,5-6H2,1H3,(H,12,14)(H,13,15). The van der Waals surface area contributed by atoms with Crippen molar-refractivity contribution in [1.82, 2.24) is 15.6 Å². The number of H-pyrrole nitrogens is 1. The highest BCUT2D eigenvalue weighted by molar-refractivity contribution is 7.07. The molecular formula is C10H15N3O3S. The number of thiazole rings is 1. The summed E-state index contributed by atoms with van der Waals surface area (Å²) in [6, 6.07) is 0. The van der Waals surface area contributed by atoms with E-state index in [4.69, 9.17) is 4.74 Å². The monoisotopic (exact) mass is 257 g/mol. The molecule has 0 unspecified atom stereocenters. The number of aromatic amines is 1. The Labute approximate surface area is 102 Å². The zero-order valence-corrected chi connectivity index (χ0v) is 10.4. The van der Waals surface area contributed by atoms with Gasteiger partial charge in [0.1, 0.15) is 6.61 Å². The SMILES string of the molecule is CC1(OCC(=O)NCc2csc(=O)[nH]2)CNC1. The molecule has 1 saturated heterocycles. The van der Waals surface area contributed by atoms with Gasteiger partial charge in [-0.3, -0.25) is 9.59 Å². The van der Waals surface area contributed by atoms with E-state index in [0.29, 0.717) is 12.2 Å². The summed E-state index contributed by atoms with van der Waals surface area (Å²) >= 11 is 1.08. The first-order valence-corrected chi connectivity index (χ1v) is 6.23. The third-order valence-electron chi connectivity index (χ3n) is 2.60. The minimum Gasteiger partial charge on any atom is -0.363 e. The van der Waals surface area contributed by atoms with Gasteiger partial charge in [0.2, 0.25) is 5.91 Å². The fourth-order valence-corrected chi connectivity index (χ4v) is 2.05. The first-order chi connectivity index (χ1) is 8.07. The van der Waals surface area contributed by atoms with Crippen molar-refractivity contribution in [1.29, 1.82) is 0 Å². The Hall–Kier alpha value is -1.18. The Bertz CT molecular complexity index is 450. The van der Waals surface area contributed by atoms with E-state index in [2.05, 4.69) is 15.6 Å². The predicted molar refractivity (Wildman–Crippen MR) is 64.0 cm³/mol. The first-order valence-electron chi connectivity index (χ1n) is 5.35. The topological polar surface area (TPSA) is 83.2 Å². The van der Waals surface area contributed by atoms with Gasteiger partial charge in [0.25, 0.3) is 0 Å². The Balaban J connectivity index is 1.69. The number of carbonyl (C=O) groups is 1. The Morgan fingerprint density at radius 1 is 1.65 bits per heavy atom. The molecule has 1 fully saturated rings. The van der Waals surface area contributed by atoms with Crippen LogP contribution in [0.3, 0.4) is 0 Å². The van der Waals surface area contributed by atoms with Crippen molar-refractivity contribution in [3.63, 3.8) is 0 Å². The molecule has 0 radical (unpaired) electrons. The van der Waals surface area contributed by atoms with Crippen LogP contribution in [0.2, 0.25) is 0 Å². The van der Waals surface area contributed by atoms with Gasteiger partial charge in [-0.1, -0.05) is 11.3 Å². The van der Waals surface area contributed by atoms with Crippen molar-refractivity contribution in [3.05, 3.63) is 20.7 Å². The lowest BCUT2D eigenvalue weighted by atomic mass is 10.0. The molecular weight excluding hydrogens is 242 g/mol. The lowest BCUT2D eigenvalue weighted by molar-refractivity contribution is -0.136. The lowest BCUT2D eigenvalue weighted by Gasteiger charge is -2.38. The van der Waals surface area contributed by atoms with Crippen LogP contribution in [-0.4, -0.2) is 36.2 Å². The van der Waals surface area contributed by atoms with Crippen LogP contribution in [0.25, 0.3) is 0 Å². The third-order valence-corrected chi connectivity index (χ3v) is 3.31. The van der Waals surface area contributed by atoms with E-state index < -0.39 is 0 Å². The first kappa shape index (κ1) is 12.3. The number of carbonyl (C=O) groups excluding carboxylic acids is 1. The van der Waals surface area contributed by atoms with Crippen LogP contribution in [0.5, 0.6) is 0 Å². The molecule has 7 heteroatoms. The van der Waals surface area contributed by atoms with Gasteiger partial charge in [0.05, 0.1) is 12.1 Å². The smallest absolute Gasteiger partial charge is 0.304 e. The van der Waals surface area contributed by atoms with Gasteiger partial charge in [-0.2, -0.15) is 0 Å². The predicted octanol–water partition coefficient (Wildman–Crippen LogP) is -0.569. The minimum atomic E-state index is -0.214.